The summed E-state index contributed by atoms with van der Waals surface area (Å²) in [6, 6.07) is 3.76. The Morgan fingerprint density at radius 1 is 1.33 bits per heavy atom. The third-order valence-corrected chi connectivity index (χ3v) is 4.28. The summed E-state index contributed by atoms with van der Waals surface area (Å²) in [6.45, 7) is 13.5. The Hall–Kier alpha value is -2.43. The number of hydrogen-bond acceptors (Lipinski definition) is 4. The Balaban J connectivity index is 2.31. The largest absolute Gasteiger partial charge is 0.365 e. The lowest BCUT2D eigenvalue weighted by Crippen LogP contribution is -2.28. The SMILES string of the molecule is C=N/C(NC1(C)CC1)=C(\C)C(C(=O)Nc1ncccc1C)=C(C)C. The van der Waals surface area contributed by atoms with E-state index in [9.17, 15) is 4.79 Å². The fraction of sp³-hybridized carbons (Fsp3) is 0.421. The summed E-state index contributed by atoms with van der Waals surface area (Å²) >= 11 is 0. The van der Waals surface area contributed by atoms with Crippen LogP contribution in [0.25, 0.3) is 0 Å². The van der Waals surface area contributed by atoms with Gasteiger partial charge in [0.2, 0.25) is 0 Å². The standard InChI is InChI=1S/C19H26N4O/c1-12(2)15(14(4)17(20-6)23-19(5)9-10-19)18(24)22-16-13(3)8-7-11-21-16/h7-8,11,23H,6,9-10H2,1-5H3,(H,21,22,24)/b17-14-. The minimum atomic E-state index is -0.182. The average molecular weight is 326 g/mol. The Kier molecular flexibility index (Phi) is 5.22. The van der Waals surface area contributed by atoms with Gasteiger partial charge < -0.3 is 10.6 Å². The molecule has 1 aliphatic carbocycles. The van der Waals surface area contributed by atoms with Gasteiger partial charge in [0.15, 0.2) is 0 Å². The number of allylic oxidation sites excluding steroid dienone is 1. The highest BCUT2D eigenvalue weighted by atomic mass is 16.1. The molecule has 1 aromatic heterocycles. The molecule has 0 aromatic carbocycles. The van der Waals surface area contributed by atoms with Gasteiger partial charge in [-0.25, -0.2) is 9.98 Å². The molecule has 2 rings (SSSR count). The van der Waals surface area contributed by atoms with E-state index in [2.05, 4.69) is 34.3 Å². The zero-order valence-corrected chi connectivity index (χ0v) is 15.2. The first-order valence-electron chi connectivity index (χ1n) is 8.14. The molecule has 1 aromatic rings. The second-order valence-corrected chi connectivity index (χ2v) is 6.82. The van der Waals surface area contributed by atoms with Crippen molar-refractivity contribution in [1.29, 1.82) is 0 Å². The molecule has 5 nitrogen and oxygen atoms in total. The van der Waals surface area contributed by atoms with E-state index in [-0.39, 0.29) is 11.4 Å². The minimum Gasteiger partial charge on any atom is -0.365 e. The number of rotatable bonds is 6. The van der Waals surface area contributed by atoms with Gasteiger partial charge in [-0.05, 0) is 65.8 Å². The molecule has 0 bridgehead atoms. The van der Waals surface area contributed by atoms with E-state index in [1.54, 1.807) is 6.20 Å². The van der Waals surface area contributed by atoms with E-state index in [1.807, 2.05) is 39.8 Å². The number of hydrogen-bond donors (Lipinski definition) is 2. The third-order valence-electron chi connectivity index (χ3n) is 4.28. The number of nitrogens with zero attached hydrogens (tertiary/aromatic N) is 2. The van der Waals surface area contributed by atoms with Crippen LogP contribution in [0.3, 0.4) is 0 Å². The van der Waals surface area contributed by atoms with Gasteiger partial charge in [0.25, 0.3) is 5.91 Å². The quantitative estimate of drug-likeness (QED) is 0.475. The average Bonchev–Trinajstić information content (AvgIpc) is 3.24. The van der Waals surface area contributed by atoms with Gasteiger partial charge in [-0.15, -0.1) is 0 Å². The summed E-state index contributed by atoms with van der Waals surface area (Å²) in [5, 5.41) is 6.30. The molecule has 24 heavy (non-hydrogen) atoms. The molecule has 0 spiro atoms. The topological polar surface area (TPSA) is 66.4 Å². The Labute approximate surface area is 144 Å². The Morgan fingerprint density at radius 2 is 2.00 bits per heavy atom. The lowest BCUT2D eigenvalue weighted by molar-refractivity contribution is -0.112. The summed E-state index contributed by atoms with van der Waals surface area (Å²) in [6.07, 6.45) is 3.87. The summed E-state index contributed by atoms with van der Waals surface area (Å²) in [5.41, 5.74) is 3.32. The fourth-order valence-corrected chi connectivity index (χ4v) is 2.53. The number of aromatic nitrogens is 1. The number of carbonyl (C=O) groups excluding carboxylic acids is 1. The first-order valence-corrected chi connectivity index (χ1v) is 8.14. The van der Waals surface area contributed by atoms with Gasteiger partial charge in [-0.3, -0.25) is 4.79 Å². The number of amides is 1. The molecule has 5 heteroatoms. The number of anilines is 1. The van der Waals surface area contributed by atoms with Crippen molar-refractivity contribution in [1.82, 2.24) is 10.3 Å². The van der Waals surface area contributed by atoms with Crippen molar-refractivity contribution in [2.24, 2.45) is 4.99 Å². The van der Waals surface area contributed by atoms with Gasteiger partial charge in [0, 0.05) is 22.9 Å². The van der Waals surface area contributed by atoms with Crippen LogP contribution in [0.5, 0.6) is 0 Å². The highest BCUT2D eigenvalue weighted by Gasteiger charge is 2.38. The number of pyridine rings is 1. The fourth-order valence-electron chi connectivity index (χ4n) is 2.53. The molecule has 1 amide bonds. The lowest BCUT2D eigenvalue weighted by Gasteiger charge is -2.18. The zero-order chi connectivity index (χ0) is 17.9. The minimum absolute atomic E-state index is 0.0680. The van der Waals surface area contributed by atoms with E-state index in [0.717, 1.165) is 29.6 Å². The molecule has 0 atom stereocenters. The van der Waals surface area contributed by atoms with Crippen LogP contribution < -0.4 is 10.6 Å². The molecule has 1 aliphatic rings. The normalized spacial score (nSPS) is 15.9. The van der Waals surface area contributed by atoms with Crippen LogP contribution in [0.15, 0.2) is 45.9 Å². The van der Waals surface area contributed by atoms with E-state index in [1.165, 1.54) is 0 Å². The molecule has 1 heterocycles. The Morgan fingerprint density at radius 3 is 2.50 bits per heavy atom. The first kappa shape index (κ1) is 17.9. The maximum absolute atomic E-state index is 12.8. The van der Waals surface area contributed by atoms with E-state index < -0.39 is 0 Å². The summed E-state index contributed by atoms with van der Waals surface area (Å²) < 4.78 is 0. The van der Waals surface area contributed by atoms with Crippen LogP contribution in [0, 0.1) is 6.92 Å². The molecule has 0 unspecified atom stereocenters. The van der Waals surface area contributed by atoms with E-state index in [0.29, 0.717) is 17.2 Å². The summed E-state index contributed by atoms with van der Waals surface area (Å²) in [5.74, 6) is 1.06. The van der Waals surface area contributed by atoms with Crippen LogP contribution in [-0.2, 0) is 4.79 Å². The van der Waals surface area contributed by atoms with Crippen LogP contribution in [-0.4, -0.2) is 23.1 Å². The van der Waals surface area contributed by atoms with Crippen LogP contribution >= 0.6 is 0 Å². The Bertz CT molecular complexity index is 723. The molecular weight excluding hydrogens is 300 g/mol. The van der Waals surface area contributed by atoms with Gasteiger partial charge in [0.1, 0.15) is 11.6 Å². The third kappa shape index (κ3) is 4.10. The van der Waals surface area contributed by atoms with Crippen molar-refractivity contribution in [3.05, 3.63) is 46.4 Å². The van der Waals surface area contributed by atoms with Gasteiger partial charge in [-0.2, -0.15) is 0 Å². The molecular formula is C19H26N4O. The molecule has 1 fully saturated rings. The van der Waals surface area contributed by atoms with Crippen molar-refractivity contribution < 1.29 is 4.79 Å². The van der Waals surface area contributed by atoms with Crippen LogP contribution in [0.2, 0.25) is 0 Å². The lowest BCUT2D eigenvalue weighted by atomic mass is 10.0. The van der Waals surface area contributed by atoms with Crippen molar-refractivity contribution in [2.75, 3.05) is 5.32 Å². The highest BCUT2D eigenvalue weighted by Crippen LogP contribution is 2.36. The molecule has 0 radical (unpaired) electrons. The van der Waals surface area contributed by atoms with Gasteiger partial charge >= 0.3 is 0 Å². The number of aryl methyl sites for hydroxylation is 1. The molecule has 0 saturated heterocycles. The first-order chi connectivity index (χ1) is 11.3. The second kappa shape index (κ2) is 6.99. The predicted molar refractivity (Wildman–Crippen MR) is 99.0 cm³/mol. The summed E-state index contributed by atoms with van der Waals surface area (Å²) in [7, 11) is 0. The molecule has 2 N–H and O–H groups in total. The number of carbonyl (C=O) groups is 1. The van der Waals surface area contributed by atoms with Crippen molar-refractivity contribution in [3.8, 4) is 0 Å². The van der Waals surface area contributed by atoms with E-state index in [4.69, 9.17) is 0 Å². The summed E-state index contributed by atoms with van der Waals surface area (Å²) in [4.78, 5) is 21.2. The number of aliphatic imine (C=N–C) groups is 1. The monoisotopic (exact) mass is 326 g/mol. The predicted octanol–water partition coefficient (Wildman–Crippen LogP) is 3.74. The van der Waals surface area contributed by atoms with Gasteiger partial charge in [-0.1, -0.05) is 11.6 Å². The molecule has 0 aliphatic heterocycles. The number of nitrogens with one attached hydrogen (secondary N) is 2. The van der Waals surface area contributed by atoms with Crippen LogP contribution in [0.1, 0.15) is 46.1 Å². The zero-order valence-electron chi connectivity index (χ0n) is 15.2. The smallest absolute Gasteiger partial charge is 0.257 e. The van der Waals surface area contributed by atoms with E-state index >= 15 is 0 Å². The highest BCUT2D eigenvalue weighted by molar-refractivity contribution is 6.07. The van der Waals surface area contributed by atoms with Crippen molar-refractivity contribution in [2.45, 2.75) is 53.0 Å². The van der Waals surface area contributed by atoms with Gasteiger partial charge in [0.05, 0.1) is 0 Å². The van der Waals surface area contributed by atoms with Crippen LogP contribution in [0.4, 0.5) is 5.82 Å². The maximum Gasteiger partial charge on any atom is 0.257 e. The molecule has 128 valence electrons. The maximum atomic E-state index is 12.8. The van der Waals surface area contributed by atoms with Crippen molar-refractivity contribution in [3.63, 3.8) is 0 Å². The second-order valence-electron chi connectivity index (χ2n) is 6.82. The van der Waals surface area contributed by atoms with Crippen molar-refractivity contribution >= 4 is 18.4 Å². The molecule has 1 saturated carbocycles.